The predicted molar refractivity (Wildman–Crippen MR) is 130 cm³/mol. The Morgan fingerprint density at radius 2 is 1.40 bits per heavy atom. The molecule has 2 amide bonds. The monoisotopic (exact) mass is 469 g/mol. The zero-order valence-electron chi connectivity index (χ0n) is 19.9. The Morgan fingerprint density at radius 1 is 0.829 bits per heavy atom. The Labute approximate surface area is 204 Å². The van der Waals surface area contributed by atoms with Gasteiger partial charge in [0.15, 0.2) is 6.29 Å². The van der Waals surface area contributed by atoms with Crippen LogP contribution in [0.4, 0.5) is 5.69 Å². The van der Waals surface area contributed by atoms with Crippen LogP contribution in [0.3, 0.4) is 0 Å². The van der Waals surface area contributed by atoms with Crippen LogP contribution in [0.15, 0.2) is 72.8 Å². The summed E-state index contributed by atoms with van der Waals surface area (Å²) in [4.78, 5) is 30.0. The second-order valence-corrected chi connectivity index (χ2v) is 9.24. The molecule has 3 aromatic carbocycles. The molecule has 4 aliphatic rings. The lowest BCUT2D eigenvalue weighted by molar-refractivity contribution is -0.168. The average molecular weight is 470 g/mol. The van der Waals surface area contributed by atoms with Crippen molar-refractivity contribution in [2.75, 3.05) is 25.7 Å². The lowest BCUT2D eigenvalue weighted by Crippen LogP contribution is -2.60. The van der Waals surface area contributed by atoms with E-state index in [1.54, 1.807) is 26.4 Å². The summed E-state index contributed by atoms with van der Waals surface area (Å²) in [5, 5.41) is 0. The van der Waals surface area contributed by atoms with Crippen molar-refractivity contribution in [2.24, 2.45) is 11.8 Å². The Morgan fingerprint density at radius 3 is 2.00 bits per heavy atom. The highest BCUT2D eigenvalue weighted by Crippen LogP contribution is 2.66. The van der Waals surface area contributed by atoms with E-state index in [1.165, 1.54) is 4.90 Å². The van der Waals surface area contributed by atoms with E-state index >= 15 is 0 Å². The average Bonchev–Trinajstić information content (AvgIpc) is 3.16. The summed E-state index contributed by atoms with van der Waals surface area (Å²) in [6.45, 7) is 2.31. The molecule has 3 aliphatic carbocycles. The van der Waals surface area contributed by atoms with Gasteiger partial charge in [-0.1, -0.05) is 60.7 Å². The van der Waals surface area contributed by atoms with Gasteiger partial charge in [-0.2, -0.15) is 0 Å². The minimum atomic E-state index is -0.974. The summed E-state index contributed by atoms with van der Waals surface area (Å²) in [5.41, 5.74) is 3.57. The Bertz CT molecular complexity index is 1280. The van der Waals surface area contributed by atoms with Crippen LogP contribution in [0.2, 0.25) is 0 Å². The summed E-state index contributed by atoms with van der Waals surface area (Å²) in [5.74, 6) is -1.43. The quantitative estimate of drug-likeness (QED) is 0.399. The fourth-order valence-corrected chi connectivity index (χ4v) is 6.86. The first-order valence-electron chi connectivity index (χ1n) is 11.9. The molecule has 178 valence electrons. The highest BCUT2D eigenvalue weighted by atomic mass is 16.7. The van der Waals surface area contributed by atoms with Crippen LogP contribution in [0.1, 0.15) is 35.1 Å². The number of hydrogen-bond acceptors (Lipinski definition) is 5. The van der Waals surface area contributed by atoms with Crippen LogP contribution >= 0.6 is 0 Å². The molecule has 1 saturated heterocycles. The maximum Gasteiger partial charge on any atom is 0.239 e. The fraction of sp³-hybridized carbons (Fsp3) is 0.310. The number of benzene rings is 3. The number of ether oxygens (including phenoxy) is 3. The molecule has 35 heavy (non-hydrogen) atoms. The lowest BCUT2D eigenvalue weighted by atomic mass is 9.47. The summed E-state index contributed by atoms with van der Waals surface area (Å²) in [6, 6.07) is 23.4. The van der Waals surface area contributed by atoms with Crippen LogP contribution in [0, 0.1) is 11.8 Å². The summed E-state index contributed by atoms with van der Waals surface area (Å²) in [6.07, 6.45) is -0.766. The number of imide groups is 1. The van der Waals surface area contributed by atoms with Gasteiger partial charge in [-0.15, -0.1) is 0 Å². The minimum absolute atomic E-state index is 0.212. The number of carbonyl (C=O) groups excluding carboxylic acids is 2. The highest BCUT2D eigenvalue weighted by molar-refractivity contribution is 6.24. The summed E-state index contributed by atoms with van der Waals surface area (Å²) >= 11 is 0. The Balaban J connectivity index is 1.65. The van der Waals surface area contributed by atoms with Crippen LogP contribution in [-0.2, 0) is 24.5 Å². The fourth-order valence-electron chi connectivity index (χ4n) is 6.86. The summed E-state index contributed by atoms with van der Waals surface area (Å²) < 4.78 is 17.7. The first-order valence-corrected chi connectivity index (χ1v) is 11.9. The van der Waals surface area contributed by atoms with Gasteiger partial charge in [-0.3, -0.25) is 9.59 Å². The molecule has 0 spiro atoms. The predicted octanol–water partition coefficient (Wildman–Crippen LogP) is 4.26. The normalized spacial score (nSPS) is 26.1. The van der Waals surface area contributed by atoms with Crippen LogP contribution in [0.5, 0.6) is 5.75 Å². The number of rotatable bonds is 6. The topological polar surface area (TPSA) is 65.1 Å². The standard InChI is InChI=1S/C29H27NO5/c1-4-35-22-16-10-9-15-21(22)30-26(31)24-23-17-11-5-7-13-19(17)29(25(24)27(30)32,28(33-2)34-3)20-14-8-6-12-18(20)23/h5-16,23-25,28H,4H2,1-3H3/t23?,24-,25+,29?/m0/s1. The van der Waals surface area contributed by atoms with E-state index in [4.69, 9.17) is 14.2 Å². The molecule has 1 aliphatic heterocycles. The molecule has 2 atom stereocenters. The molecule has 3 aromatic rings. The Hall–Kier alpha value is -3.48. The van der Waals surface area contributed by atoms with Crippen molar-refractivity contribution in [2.45, 2.75) is 24.5 Å². The first kappa shape index (κ1) is 22.0. The SMILES string of the molecule is CCOc1ccccc1N1C(=O)[C@H]2C3c4ccccc4C(C(OC)OC)(c4ccccc43)[C@H]2C1=O. The molecular weight excluding hydrogens is 442 g/mol. The molecule has 0 unspecified atom stereocenters. The molecule has 2 bridgehead atoms. The van der Waals surface area contributed by atoms with Gasteiger partial charge in [0.05, 0.1) is 29.5 Å². The number of nitrogens with zero attached hydrogens (tertiary/aromatic N) is 1. The van der Waals surface area contributed by atoms with Gasteiger partial charge < -0.3 is 14.2 Å². The van der Waals surface area contributed by atoms with Gasteiger partial charge in [0.2, 0.25) is 11.8 Å². The number of anilines is 1. The Kier molecular flexibility index (Phi) is 5.06. The van der Waals surface area contributed by atoms with E-state index in [1.807, 2.05) is 55.5 Å². The van der Waals surface area contributed by atoms with Crippen LogP contribution in [0.25, 0.3) is 0 Å². The van der Waals surface area contributed by atoms with Gasteiger partial charge in [0.25, 0.3) is 0 Å². The second kappa shape index (κ2) is 8.04. The van der Waals surface area contributed by atoms with Crippen molar-refractivity contribution in [1.29, 1.82) is 0 Å². The number of amides is 2. The molecule has 1 heterocycles. The zero-order chi connectivity index (χ0) is 24.3. The smallest absolute Gasteiger partial charge is 0.239 e. The van der Waals surface area contributed by atoms with E-state index in [0.29, 0.717) is 18.0 Å². The lowest BCUT2D eigenvalue weighted by Gasteiger charge is -2.56. The summed E-state index contributed by atoms with van der Waals surface area (Å²) in [7, 11) is 3.18. The minimum Gasteiger partial charge on any atom is -0.492 e. The molecule has 0 N–H and O–H groups in total. The van der Waals surface area contributed by atoms with Crippen molar-refractivity contribution in [3.63, 3.8) is 0 Å². The number of methoxy groups -OCH3 is 2. The third-order valence-corrected chi connectivity index (χ3v) is 7.89. The highest BCUT2D eigenvalue weighted by Gasteiger charge is 2.71. The molecule has 0 saturated carbocycles. The number of para-hydroxylation sites is 2. The van der Waals surface area contributed by atoms with E-state index in [0.717, 1.165) is 22.3 Å². The van der Waals surface area contributed by atoms with Crippen molar-refractivity contribution >= 4 is 17.5 Å². The maximum absolute atomic E-state index is 14.4. The van der Waals surface area contributed by atoms with E-state index < -0.39 is 23.5 Å². The van der Waals surface area contributed by atoms with Gasteiger partial charge >= 0.3 is 0 Å². The third kappa shape index (κ3) is 2.66. The van der Waals surface area contributed by atoms with Crippen molar-refractivity contribution in [3.8, 4) is 5.75 Å². The van der Waals surface area contributed by atoms with E-state index in [9.17, 15) is 9.59 Å². The van der Waals surface area contributed by atoms with Crippen molar-refractivity contribution in [3.05, 3.63) is 95.1 Å². The zero-order valence-corrected chi connectivity index (χ0v) is 19.9. The van der Waals surface area contributed by atoms with Gasteiger partial charge in [-0.05, 0) is 41.3 Å². The van der Waals surface area contributed by atoms with Gasteiger partial charge in [0, 0.05) is 20.1 Å². The van der Waals surface area contributed by atoms with Crippen LogP contribution < -0.4 is 9.64 Å². The van der Waals surface area contributed by atoms with Crippen LogP contribution in [-0.4, -0.2) is 38.9 Å². The third-order valence-electron chi connectivity index (χ3n) is 7.89. The molecule has 0 aromatic heterocycles. The molecule has 7 rings (SSSR count). The molecule has 6 nitrogen and oxygen atoms in total. The number of carbonyl (C=O) groups is 2. The van der Waals surface area contributed by atoms with Crippen molar-refractivity contribution in [1.82, 2.24) is 0 Å². The maximum atomic E-state index is 14.4. The van der Waals surface area contributed by atoms with Gasteiger partial charge in [0.1, 0.15) is 5.75 Å². The molecule has 1 fully saturated rings. The van der Waals surface area contributed by atoms with Gasteiger partial charge in [-0.25, -0.2) is 4.90 Å². The molecule has 6 heteroatoms. The number of hydrogen-bond donors (Lipinski definition) is 0. The van der Waals surface area contributed by atoms with E-state index in [2.05, 4.69) is 12.1 Å². The largest absolute Gasteiger partial charge is 0.492 e. The first-order chi connectivity index (χ1) is 17.1. The van der Waals surface area contributed by atoms with E-state index in [-0.39, 0.29) is 17.7 Å². The second-order valence-electron chi connectivity index (χ2n) is 9.24. The molecule has 0 radical (unpaired) electrons. The van der Waals surface area contributed by atoms with Crippen molar-refractivity contribution < 1.29 is 23.8 Å². The molecular formula is C29H27NO5.